The smallest absolute Gasteiger partial charge is 0.127 e. The SMILES string of the molecule is CCOc1cc(N(CC)CC)ccc1C(OCc1ccccc1)c1ccc(N(C)C)cc1. The van der Waals surface area contributed by atoms with Gasteiger partial charge < -0.3 is 19.3 Å². The van der Waals surface area contributed by atoms with E-state index in [0.717, 1.165) is 41.2 Å². The van der Waals surface area contributed by atoms with Crippen LogP contribution in [0.1, 0.15) is 43.6 Å². The zero-order valence-electron chi connectivity index (χ0n) is 20.0. The molecule has 4 heteroatoms. The molecule has 1 atom stereocenters. The van der Waals surface area contributed by atoms with Crippen molar-refractivity contribution in [3.8, 4) is 5.75 Å². The van der Waals surface area contributed by atoms with E-state index < -0.39 is 0 Å². The summed E-state index contributed by atoms with van der Waals surface area (Å²) in [4.78, 5) is 4.44. The Hall–Kier alpha value is -2.98. The van der Waals surface area contributed by atoms with E-state index in [2.05, 4.69) is 92.3 Å². The van der Waals surface area contributed by atoms with Crippen molar-refractivity contribution in [1.29, 1.82) is 0 Å². The number of hydrogen-bond donors (Lipinski definition) is 0. The highest BCUT2D eigenvalue weighted by Gasteiger charge is 2.21. The minimum atomic E-state index is -0.223. The Morgan fingerprint density at radius 3 is 2.03 bits per heavy atom. The Morgan fingerprint density at radius 1 is 0.781 bits per heavy atom. The van der Waals surface area contributed by atoms with E-state index in [-0.39, 0.29) is 6.10 Å². The van der Waals surface area contributed by atoms with E-state index in [0.29, 0.717) is 13.2 Å². The van der Waals surface area contributed by atoms with Gasteiger partial charge in [0.05, 0.1) is 13.2 Å². The first kappa shape index (κ1) is 23.7. The molecule has 0 saturated heterocycles. The molecular weight excluding hydrogens is 396 g/mol. The number of ether oxygens (including phenoxy) is 2. The van der Waals surface area contributed by atoms with E-state index >= 15 is 0 Å². The number of anilines is 2. The van der Waals surface area contributed by atoms with Crippen LogP contribution in [-0.4, -0.2) is 33.8 Å². The lowest BCUT2D eigenvalue weighted by molar-refractivity contribution is 0.0647. The van der Waals surface area contributed by atoms with E-state index in [1.165, 1.54) is 5.69 Å². The molecule has 3 rings (SSSR count). The van der Waals surface area contributed by atoms with E-state index in [1.807, 2.05) is 25.1 Å². The van der Waals surface area contributed by atoms with Gasteiger partial charge in [-0.2, -0.15) is 0 Å². The van der Waals surface area contributed by atoms with Gasteiger partial charge in [0, 0.05) is 50.2 Å². The molecule has 0 heterocycles. The Bertz CT molecular complexity index is 951. The van der Waals surface area contributed by atoms with E-state index in [9.17, 15) is 0 Å². The lowest BCUT2D eigenvalue weighted by Gasteiger charge is -2.26. The van der Waals surface area contributed by atoms with Crippen molar-refractivity contribution in [2.75, 3.05) is 43.6 Å². The van der Waals surface area contributed by atoms with Crippen LogP contribution in [-0.2, 0) is 11.3 Å². The van der Waals surface area contributed by atoms with Crippen molar-refractivity contribution in [2.45, 2.75) is 33.5 Å². The molecule has 0 aliphatic carbocycles. The summed E-state index contributed by atoms with van der Waals surface area (Å²) >= 11 is 0. The Kier molecular flexibility index (Phi) is 8.57. The molecule has 3 aromatic carbocycles. The summed E-state index contributed by atoms with van der Waals surface area (Å²) in [7, 11) is 4.11. The van der Waals surface area contributed by atoms with E-state index in [1.54, 1.807) is 0 Å². The summed E-state index contributed by atoms with van der Waals surface area (Å²) in [6, 6.07) is 25.4. The average molecular weight is 433 g/mol. The molecule has 0 spiro atoms. The van der Waals surface area contributed by atoms with Crippen molar-refractivity contribution in [3.63, 3.8) is 0 Å². The maximum absolute atomic E-state index is 6.53. The molecule has 0 bridgehead atoms. The molecule has 0 aromatic heterocycles. The molecule has 0 radical (unpaired) electrons. The Labute approximate surface area is 193 Å². The summed E-state index contributed by atoms with van der Waals surface area (Å²) in [6.07, 6.45) is -0.223. The van der Waals surface area contributed by atoms with Crippen LogP contribution in [0.5, 0.6) is 5.75 Å². The monoisotopic (exact) mass is 432 g/mol. The average Bonchev–Trinajstić information content (AvgIpc) is 2.82. The molecular formula is C28H36N2O2. The molecule has 3 aromatic rings. The Balaban J connectivity index is 2.00. The van der Waals surface area contributed by atoms with Gasteiger partial charge in [0.1, 0.15) is 11.9 Å². The van der Waals surface area contributed by atoms with Crippen LogP contribution >= 0.6 is 0 Å². The summed E-state index contributed by atoms with van der Waals surface area (Å²) in [5.41, 5.74) is 5.66. The van der Waals surface area contributed by atoms with Crippen molar-refractivity contribution in [2.24, 2.45) is 0 Å². The van der Waals surface area contributed by atoms with Crippen molar-refractivity contribution in [3.05, 3.63) is 89.5 Å². The fourth-order valence-electron chi connectivity index (χ4n) is 3.87. The zero-order valence-corrected chi connectivity index (χ0v) is 20.0. The number of benzene rings is 3. The second-order valence-corrected chi connectivity index (χ2v) is 7.99. The molecule has 0 saturated carbocycles. The fraction of sp³-hybridized carbons (Fsp3) is 0.357. The summed E-state index contributed by atoms with van der Waals surface area (Å²) in [5.74, 6) is 0.881. The van der Waals surface area contributed by atoms with Gasteiger partial charge >= 0.3 is 0 Å². The maximum Gasteiger partial charge on any atom is 0.127 e. The van der Waals surface area contributed by atoms with Crippen LogP contribution in [0.25, 0.3) is 0 Å². The van der Waals surface area contributed by atoms with Crippen LogP contribution in [0.2, 0.25) is 0 Å². The highest BCUT2D eigenvalue weighted by molar-refractivity contribution is 5.56. The summed E-state index contributed by atoms with van der Waals surface area (Å²) in [5, 5.41) is 0. The quantitative estimate of drug-likeness (QED) is 0.355. The fourth-order valence-corrected chi connectivity index (χ4v) is 3.87. The summed E-state index contributed by atoms with van der Waals surface area (Å²) in [6.45, 7) is 9.44. The minimum absolute atomic E-state index is 0.223. The first-order valence-corrected chi connectivity index (χ1v) is 11.5. The molecule has 4 nitrogen and oxygen atoms in total. The first-order valence-electron chi connectivity index (χ1n) is 11.5. The molecule has 170 valence electrons. The molecule has 32 heavy (non-hydrogen) atoms. The minimum Gasteiger partial charge on any atom is -0.493 e. The largest absolute Gasteiger partial charge is 0.493 e. The lowest BCUT2D eigenvalue weighted by Crippen LogP contribution is -2.22. The second-order valence-electron chi connectivity index (χ2n) is 7.99. The second kappa shape index (κ2) is 11.6. The van der Waals surface area contributed by atoms with Gasteiger partial charge in [-0.25, -0.2) is 0 Å². The molecule has 0 amide bonds. The molecule has 0 fully saturated rings. The maximum atomic E-state index is 6.53. The highest BCUT2D eigenvalue weighted by Crippen LogP contribution is 2.37. The van der Waals surface area contributed by atoms with Crippen LogP contribution in [0.4, 0.5) is 11.4 Å². The zero-order chi connectivity index (χ0) is 22.9. The van der Waals surface area contributed by atoms with Gasteiger partial charge in [-0.1, -0.05) is 48.5 Å². The van der Waals surface area contributed by atoms with Gasteiger partial charge in [-0.05, 0) is 50.1 Å². The number of hydrogen-bond acceptors (Lipinski definition) is 4. The molecule has 0 aliphatic rings. The van der Waals surface area contributed by atoms with Crippen molar-refractivity contribution < 1.29 is 9.47 Å². The van der Waals surface area contributed by atoms with Gasteiger partial charge in [0.25, 0.3) is 0 Å². The number of rotatable bonds is 11. The van der Waals surface area contributed by atoms with Gasteiger partial charge in [0.15, 0.2) is 0 Å². The summed E-state index contributed by atoms with van der Waals surface area (Å²) < 4.78 is 12.7. The normalized spacial score (nSPS) is 11.8. The number of nitrogens with zero attached hydrogens (tertiary/aromatic N) is 2. The van der Waals surface area contributed by atoms with Gasteiger partial charge in [-0.15, -0.1) is 0 Å². The van der Waals surface area contributed by atoms with Gasteiger partial charge in [-0.3, -0.25) is 0 Å². The Morgan fingerprint density at radius 2 is 1.44 bits per heavy atom. The predicted molar refractivity (Wildman–Crippen MR) is 135 cm³/mol. The van der Waals surface area contributed by atoms with Crippen molar-refractivity contribution in [1.82, 2.24) is 0 Å². The highest BCUT2D eigenvalue weighted by atomic mass is 16.5. The predicted octanol–water partition coefficient (Wildman–Crippen LogP) is 6.30. The van der Waals surface area contributed by atoms with Gasteiger partial charge in [0.2, 0.25) is 0 Å². The molecule has 0 N–H and O–H groups in total. The first-order chi connectivity index (χ1) is 15.6. The lowest BCUT2D eigenvalue weighted by atomic mass is 9.99. The van der Waals surface area contributed by atoms with Crippen molar-refractivity contribution >= 4 is 11.4 Å². The molecule has 0 aliphatic heterocycles. The third-order valence-electron chi connectivity index (χ3n) is 5.68. The third kappa shape index (κ3) is 5.83. The third-order valence-corrected chi connectivity index (χ3v) is 5.68. The van der Waals surface area contributed by atoms with Crippen LogP contribution in [0.15, 0.2) is 72.8 Å². The van der Waals surface area contributed by atoms with Crippen LogP contribution in [0, 0.1) is 0 Å². The van der Waals surface area contributed by atoms with Crippen LogP contribution < -0.4 is 14.5 Å². The standard InChI is InChI=1S/C28H36N2O2/c1-6-30(7-2)25-18-19-26(27(20-25)31-8-3)28(32-21-22-12-10-9-11-13-22)23-14-16-24(17-15-23)29(4)5/h9-20,28H,6-8,21H2,1-5H3. The molecule has 1 unspecified atom stereocenters. The topological polar surface area (TPSA) is 24.9 Å². The van der Waals surface area contributed by atoms with Crippen LogP contribution in [0.3, 0.4) is 0 Å². The van der Waals surface area contributed by atoms with E-state index in [4.69, 9.17) is 9.47 Å².